The predicted molar refractivity (Wildman–Crippen MR) is 140 cm³/mol. The number of halogens is 3. The third-order valence-electron chi connectivity index (χ3n) is 6.91. The lowest BCUT2D eigenvalue weighted by Crippen LogP contribution is -2.45. The molecule has 0 spiro atoms. The zero-order chi connectivity index (χ0) is 28.1. The molecule has 1 amide bonds. The van der Waals surface area contributed by atoms with Crippen molar-refractivity contribution in [2.75, 3.05) is 19.7 Å². The third kappa shape index (κ3) is 4.67. The second-order valence-corrected chi connectivity index (χ2v) is 11.3. The van der Waals surface area contributed by atoms with Gasteiger partial charge in [0.15, 0.2) is 11.6 Å². The molecule has 1 aliphatic rings. The van der Waals surface area contributed by atoms with Crippen molar-refractivity contribution in [2.24, 2.45) is 5.73 Å². The van der Waals surface area contributed by atoms with E-state index in [0.717, 1.165) is 34.9 Å². The fourth-order valence-corrected chi connectivity index (χ4v) is 5.87. The Hall–Kier alpha value is -3.79. The van der Waals surface area contributed by atoms with Gasteiger partial charge in [-0.3, -0.25) is 4.79 Å². The van der Waals surface area contributed by atoms with Gasteiger partial charge in [0.2, 0.25) is 0 Å². The number of piperidine rings is 1. The number of aliphatic hydroxyl groups excluding tert-OH is 1. The molecule has 2 aromatic heterocycles. The Kier molecular flexibility index (Phi) is 6.92. The molecule has 3 heterocycles. The summed E-state index contributed by atoms with van der Waals surface area (Å²) in [6, 6.07) is 8.36. The Bertz CT molecular complexity index is 1640. The van der Waals surface area contributed by atoms with Crippen LogP contribution in [0.25, 0.3) is 32.6 Å². The highest BCUT2D eigenvalue weighted by atomic mass is 32.1. The first-order chi connectivity index (χ1) is 18.6. The van der Waals surface area contributed by atoms with Crippen molar-refractivity contribution in [3.8, 4) is 27.6 Å². The average Bonchev–Trinajstić information content (AvgIpc) is 3.56. The van der Waals surface area contributed by atoms with Crippen molar-refractivity contribution in [3.05, 3.63) is 58.2 Å². The van der Waals surface area contributed by atoms with Crippen LogP contribution < -0.4 is 5.73 Å². The summed E-state index contributed by atoms with van der Waals surface area (Å²) in [4.78, 5) is 15.5. The number of benzene rings is 2. The number of aliphatic hydroxyl groups is 1. The lowest BCUT2D eigenvalue weighted by atomic mass is 9.99. The Morgan fingerprint density at radius 2 is 2.00 bits per heavy atom. The van der Waals surface area contributed by atoms with Gasteiger partial charge >= 0.3 is 0 Å². The monoisotopic (exact) mass is 554 g/mol. The first kappa shape index (κ1) is 26.8. The number of carbonyl (C=O) groups excluding carboxylic acids is 1. The number of nitriles is 1. The molecule has 202 valence electrons. The number of aromatic nitrogens is 3. The first-order valence-electron chi connectivity index (χ1n) is 12.3. The molecule has 5 rings (SSSR count). The predicted octanol–water partition coefficient (Wildman–Crippen LogP) is 4.41. The SMILES string of the molecule is CC(C)(CO)n1nnc2cc(-c3sc(C(=O)N4CCC[C@@H](N)C4)cc3-c3ccc(C#N)c(F)c3)c(F)c(F)c21. The fraction of sp³-hybridized carbons (Fsp3) is 0.333. The summed E-state index contributed by atoms with van der Waals surface area (Å²) < 4.78 is 47.0. The van der Waals surface area contributed by atoms with Gasteiger partial charge in [0.25, 0.3) is 5.91 Å². The standard InChI is InChI=1S/C27H25F3N6O2S/c1-27(2,13-37)36-24-20(33-34-36)9-18(22(29)23(24)30)25-17(14-5-6-15(11-31)19(28)8-14)10-21(39-25)26(38)35-7-3-4-16(32)12-35/h5-6,8-10,16,37H,3-4,7,12-13,32H2,1-2H3/t16-/m1/s1. The number of thiophene rings is 1. The molecule has 0 aliphatic carbocycles. The van der Waals surface area contributed by atoms with Crippen molar-refractivity contribution in [1.29, 1.82) is 5.26 Å². The highest BCUT2D eigenvalue weighted by Crippen LogP contribution is 2.43. The number of carbonyl (C=O) groups is 1. The maximum absolute atomic E-state index is 15.7. The van der Waals surface area contributed by atoms with Crippen molar-refractivity contribution < 1.29 is 23.1 Å². The van der Waals surface area contributed by atoms with E-state index in [-0.39, 0.29) is 56.0 Å². The summed E-state index contributed by atoms with van der Waals surface area (Å²) in [5.74, 6) is -3.50. The molecule has 1 atom stereocenters. The molecule has 12 heteroatoms. The molecule has 1 aliphatic heterocycles. The zero-order valence-corrected chi connectivity index (χ0v) is 22.0. The Morgan fingerprint density at radius 3 is 2.67 bits per heavy atom. The van der Waals surface area contributed by atoms with Crippen LogP contribution in [0.15, 0.2) is 30.3 Å². The largest absolute Gasteiger partial charge is 0.394 e. The number of amides is 1. The van der Waals surface area contributed by atoms with Crippen LogP contribution in [0.1, 0.15) is 41.9 Å². The molecular weight excluding hydrogens is 529 g/mol. The summed E-state index contributed by atoms with van der Waals surface area (Å²) >= 11 is 0.953. The number of hydrogen-bond acceptors (Lipinski definition) is 7. The molecule has 2 aromatic carbocycles. The van der Waals surface area contributed by atoms with Gasteiger partial charge in [0, 0.05) is 35.1 Å². The van der Waals surface area contributed by atoms with E-state index in [2.05, 4.69) is 10.3 Å². The van der Waals surface area contributed by atoms with Gasteiger partial charge in [0.05, 0.1) is 22.6 Å². The van der Waals surface area contributed by atoms with Crippen LogP contribution >= 0.6 is 11.3 Å². The zero-order valence-electron chi connectivity index (χ0n) is 21.2. The van der Waals surface area contributed by atoms with Crippen LogP contribution in [0.4, 0.5) is 13.2 Å². The second kappa shape index (κ2) is 10.1. The van der Waals surface area contributed by atoms with E-state index in [4.69, 9.17) is 11.0 Å². The number of rotatable bonds is 5. The molecule has 4 aromatic rings. The van der Waals surface area contributed by atoms with E-state index in [1.807, 2.05) is 0 Å². The summed E-state index contributed by atoms with van der Waals surface area (Å²) in [5.41, 5.74) is 5.09. The van der Waals surface area contributed by atoms with Gasteiger partial charge < -0.3 is 15.7 Å². The van der Waals surface area contributed by atoms with Crippen LogP contribution in [0.3, 0.4) is 0 Å². The van der Waals surface area contributed by atoms with Gasteiger partial charge in [-0.15, -0.1) is 16.4 Å². The van der Waals surface area contributed by atoms with Gasteiger partial charge in [-0.05, 0) is 56.5 Å². The summed E-state index contributed by atoms with van der Waals surface area (Å²) in [5, 5.41) is 26.8. The van der Waals surface area contributed by atoms with Crippen LogP contribution in [-0.4, -0.2) is 56.6 Å². The number of fused-ring (bicyclic) bond motifs is 1. The maximum Gasteiger partial charge on any atom is 0.264 e. The smallest absolute Gasteiger partial charge is 0.264 e. The van der Waals surface area contributed by atoms with E-state index in [9.17, 15) is 14.3 Å². The number of nitrogens with zero attached hydrogens (tertiary/aromatic N) is 5. The lowest BCUT2D eigenvalue weighted by molar-refractivity contribution is 0.0713. The highest BCUT2D eigenvalue weighted by Gasteiger charge is 2.30. The number of hydrogen-bond donors (Lipinski definition) is 2. The third-order valence-corrected chi connectivity index (χ3v) is 8.06. The molecule has 8 nitrogen and oxygen atoms in total. The van der Waals surface area contributed by atoms with Crippen molar-refractivity contribution in [3.63, 3.8) is 0 Å². The lowest BCUT2D eigenvalue weighted by Gasteiger charge is -2.30. The van der Waals surface area contributed by atoms with E-state index < -0.39 is 23.0 Å². The van der Waals surface area contributed by atoms with Gasteiger partial charge in [-0.25, -0.2) is 17.9 Å². The summed E-state index contributed by atoms with van der Waals surface area (Å²) in [7, 11) is 0. The average molecular weight is 555 g/mol. The molecule has 0 radical (unpaired) electrons. The Morgan fingerprint density at radius 1 is 1.23 bits per heavy atom. The van der Waals surface area contributed by atoms with Crippen molar-refractivity contribution >= 4 is 28.3 Å². The summed E-state index contributed by atoms with van der Waals surface area (Å²) in [6.45, 7) is 3.70. The second-order valence-electron chi connectivity index (χ2n) is 10.2. The van der Waals surface area contributed by atoms with E-state index in [1.54, 1.807) is 24.8 Å². The molecule has 0 saturated carbocycles. The Labute approximate surface area is 226 Å². The highest BCUT2D eigenvalue weighted by molar-refractivity contribution is 7.18. The molecule has 1 saturated heterocycles. The van der Waals surface area contributed by atoms with Gasteiger partial charge in [-0.2, -0.15) is 5.26 Å². The van der Waals surface area contributed by atoms with Crippen LogP contribution in [-0.2, 0) is 5.54 Å². The normalized spacial score (nSPS) is 16.1. The fourth-order valence-electron chi connectivity index (χ4n) is 4.71. The quantitative estimate of drug-likeness (QED) is 0.377. The van der Waals surface area contributed by atoms with E-state index in [0.29, 0.717) is 18.7 Å². The van der Waals surface area contributed by atoms with Crippen LogP contribution in [0, 0.1) is 28.8 Å². The first-order valence-corrected chi connectivity index (χ1v) is 13.1. The minimum Gasteiger partial charge on any atom is -0.394 e. The van der Waals surface area contributed by atoms with Crippen molar-refractivity contribution in [2.45, 2.75) is 38.3 Å². The topological polar surface area (TPSA) is 121 Å². The van der Waals surface area contributed by atoms with Gasteiger partial charge in [-0.1, -0.05) is 11.3 Å². The number of nitrogens with two attached hydrogens (primary N) is 1. The van der Waals surface area contributed by atoms with Crippen LogP contribution in [0.5, 0.6) is 0 Å². The Balaban J connectivity index is 1.70. The maximum atomic E-state index is 15.7. The number of likely N-dealkylation sites (tertiary alicyclic amines) is 1. The van der Waals surface area contributed by atoms with Gasteiger partial charge in [0.1, 0.15) is 22.9 Å². The minimum atomic E-state index is -1.21. The van der Waals surface area contributed by atoms with Crippen molar-refractivity contribution in [1.82, 2.24) is 19.9 Å². The molecule has 39 heavy (non-hydrogen) atoms. The molecular formula is C27H25F3N6O2S. The van der Waals surface area contributed by atoms with E-state index >= 15 is 8.78 Å². The molecule has 1 fully saturated rings. The molecule has 0 bridgehead atoms. The van der Waals surface area contributed by atoms with Crippen LogP contribution in [0.2, 0.25) is 0 Å². The minimum absolute atomic E-state index is 0.0469. The molecule has 0 unspecified atom stereocenters. The summed E-state index contributed by atoms with van der Waals surface area (Å²) in [6.07, 6.45) is 1.54. The molecule has 3 N–H and O–H groups in total. The van der Waals surface area contributed by atoms with E-state index in [1.165, 1.54) is 24.3 Å².